The van der Waals surface area contributed by atoms with Gasteiger partial charge in [0.15, 0.2) is 0 Å². The quantitative estimate of drug-likeness (QED) is 0.132. The molecule has 0 aliphatic heterocycles. The molecule has 0 bridgehead atoms. The van der Waals surface area contributed by atoms with Crippen molar-refractivity contribution in [2.45, 2.75) is 201 Å². The average molecular weight is 815 g/mol. The summed E-state index contributed by atoms with van der Waals surface area (Å²) in [5.74, 6) is 3.45. The van der Waals surface area contributed by atoms with Crippen LogP contribution in [0.25, 0.3) is 0 Å². The van der Waals surface area contributed by atoms with Crippen LogP contribution in [0.15, 0.2) is 0 Å². The van der Waals surface area contributed by atoms with E-state index in [0.717, 1.165) is 96.3 Å². The minimum Gasteiger partial charge on any atom is -0.481 e. The molecule has 0 spiro atoms. The largest absolute Gasteiger partial charge is 0.481 e. The summed E-state index contributed by atoms with van der Waals surface area (Å²) < 4.78 is 0. The first kappa shape index (κ1) is 44.9. The van der Waals surface area contributed by atoms with Crippen molar-refractivity contribution in [2.75, 3.05) is 0 Å². The molecule has 8 aliphatic rings. The van der Waals surface area contributed by atoms with Gasteiger partial charge in [0.05, 0.1) is 36.6 Å². The second-order valence-electron chi connectivity index (χ2n) is 23.2. The van der Waals surface area contributed by atoms with Gasteiger partial charge in [0.2, 0.25) is 0 Å². The molecule has 0 aromatic heterocycles. The first-order chi connectivity index (χ1) is 27.2. The fourth-order valence-corrected chi connectivity index (χ4v) is 17.4. The van der Waals surface area contributed by atoms with Gasteiger partial charge in [-0.05, 0) is 202 Å². The molecule has 58 heavy (non-hydrogen) atoms. The van der Waals surface area contributed by atoms with Crippen LogP contribution in [0.1, 0.15) is 164 Å². The number of rotatable bonds is 8. The number of fused-ring (bicyclic) bond motifs is 10. The van der Waals surface area contributed by atoms with E-state index in [4.69, 9.17) is 5.11 Å². The van der Waals surface area contributed by atoms with Crippen molar-refractivity contribution in [3.63, 3.8) is 0 Å². The van der Waals surface area contributed by atoms with Gasteiger partial charge in [0.1, 0.15) is 5.78 Å². The van der Waals surface area contributed by atoms with Crippen LogP contribution >= 0.6 is 0 Å². The van der Waals surface area contributed by atoms with E-state index in [1.807, 2.05) is 0 Å². The molecule has 7 N–H and O–H groups in total. The number of carboxylic acid groups (broad SMARTS) is 1. The van der Waals surface area contributed by atoms with Gasteiger partial charge in [-0.2, -0.15) is 0 Å². The van der Waals surface area contributed by atoms with Crippen LogP contribution in [0.3, 0.4) is 0 Å². The van der Waals surface area contributed by atoms with E-state index in [9.17, 15) is 40.2 Å². The molecule has 8 fully saturated rings. The summed E-state index contributed by atoms with van der Waals surface area (Å²) in [6.45, 7) is 15.3. The van der Waals surface area contributed by atoms with E-state index < -0.39 is 12.1 Å². The molecule has 9 heteroatoms. The fourth-order valence-electron chi connectivity index (χ4n) is 17.4. The Bertz CT molecular complexity index is 1380. The van der Waals surface area contributed by atoms with Crippen molar-refractivity contribution >= 4 is 11.8 Å². The Kier molecular flexibility index (Phi) is 12.8. The van der Waals surface area contributed by atoms with Gasteiger partial charge < -0.3 is 40.5 Å². The van der Waals surface area contributed by atoms with Crippen LogP contribution in [0.4, 0.5) is 0 Å². The number of carbonyl (C=O) groups is 2. The number of hydrogen-bond donors (Lipinski definition) is 7. The zero-order valence-corrected chi connectivity index (χ0v) is 37.1. The van der Waals surface area contributed by atoms with Gasteiger partial charge in [-0.1, -0.05) is 41.5 Å². The number of hydrogen-bond acceptors (Lipinski definition) is 8. The molecular formula is C49H82O9. The Hall–Kier alpha value is -1.10. The Morgan fingerprint density at radius 2 is 0.948 bits per heavy atom. The predicted molar refractivity (Wildman–Crippen MR) is 223 cm³/mol. The summed E-state index contributed by atoms with van der Waals surface area (Å²) in [7, 11) is 0. The third-order valence-electron chi connectivity index (χ3n) is 20.8. The van der Waals surface area contributed by atoms with Gasteiger partial charge in [-0.25, -0.2) is 0 Å². The lowest BCUT2D eigenvalue weighted by atomic mass is 9.43. The molecule has 0 aromatic rings. The molecule has 9 nitrogen and oxygen atoms in total. The normalized spacial score (nSPS) is 52.9. The molecule has 0 amide bonds. The predicted octanol–water partition coefficient (Wildman–Crippen LogP) is 7.40. The number of carbonyl (C=O) groups excluding carboxylic acids is 1. The van der Waals surface area contributed by atoms with Crippen LogP contribution in [-0.4, -0.2) is 84.1 Å². The lowest BCUT2D eigenvalue weighted by Gasteiger charge is -2.63. The molecule has 0 radical (unpaired) electrons. The summed E-state index contributed by atoms with van der Waals surface area (Å²) in [4.78, 5) is 22.6. The molecule has 0 aromatic carbocycles. The third kappa shape index (κ3) is 7.39. The molecule has 0 heterocycles. The standard InChI is InChI=1S/C25H42O4.C24H40O5/c1-14(5-6-15(2)26)18-7-8-19-23-20(13-22(29)25(18,19)4)24(3)10-9-17(27)11-16(24)12-21(23)28;1-13(4-7-21(28)29)16-5-6-17-22-18(12-20(27)24(16,17)3)23(2)9-8-15(25)10-14(23)11-19(22)26/h14,16-23,27-29H,5-13H2,1-4H3;13-20,22,25-27H,4-12H2,1-3H3,(H,28,29)/t14-,16-,17+,18+,19-,20-,21+,22-,23-,24-,25+;13-,14-,15+,16+,17-,18-,19+,20-,22-,23-,24+/m00/s1. The molecule has 332 valence electrons. The van der Waals surface area contributed by atoms with E-state index in [-0.39, 0.29) is 82.1 Å². The maximum Gasteiger partial charge on any atom is 0.303 e. The van der Waals surface area contributed by atoms with E-state index >= 15 is 0 Å². The Balaban J connectivity index is 0.000000177. The van der Waals surface area contributed by atoms with Crippen LogP contribution in [-0.2, 0) is 9.59 Å². The monoisotopic (exact) mass is 815 g/mol. The lowest BCUT2D eigenvalue weighted by molar-refractivity contribution is -0.207. The van der Waals surface area contributed by atoms with Gasteiger partial charge in [0, 0.05) is 12.8 Å². The first-order valence-corrected chi connectivity index (χ1v) is 24.0. The van der Waals surface area contributed by atoms with E-state index in [0.29, 0.717) is 66.1 Å². The van der Waals surface area contributed by atoms with Crippen LogP contribution in [0, 0.1) is 92.7 Å². The lowest BCUT2D eigenvalue weighted by Crippen LogP contribution is -2.62. The van der Waals surface area contributed by atoms with Crippen LogP contribution < -0.4 is 0 Å². The highest BCUT2D eigenvalue weighted by Crippen LogP contribution is 2.70. The molecule has 8 saturated carbocycles. The first-order valence-electron chi connectivity index (χ1n) is 24.0. The van der Waals surface area contributed by atoms with Crippen molar-refractivity contribution in [1.82, 2.24) is 0 Å². The third-order valence-corrected chi connectivity index (χ3v) is 20.8. The second kappa shape index (κ2) is 16.5. The molecular weight excluding hydrogens is 733 g/mol. The highest BCUT2D eigenvalue weighted by Gasteiger charge is 2.67. The van der Waals surface area contributed by atoms with Crippen molar-refractivity contribution in [3.05, 3.63) is 0 Å². The summed E-state index contributed by atoms with van der Waals surface area (Å²) in [5.41, 5.74) is -0.171. The molecule has 8 rings (SSSR count). The number of Topliss-reactive ketones (excluding diaryl/α,β-unsaturated/α-hetero) is 1. The number of aliphatic hydroxyl groups excluding tert-OH is 6. The maximum absolute atomic E-state index is 11.5. The van der Waals surface area contributed by atoms with Crippen LogP contribution in [0.5, 0.6) is 0 Å². The van der Waals surface area contributed by atoms with Crippen molar-refractivity contribution in [1.29, 1.82) is 0 Å². The fraction of sp³-hybridized carbons (Fsp3) is 0.959. The van der Waals surface area contributed by atoms with Gasteiger partial charge >= 0.3 is 5.97 Å². The molecule has 8 aliphatic carbocycles. The van der Waals surface area contributed by atoms with Crippen molar-refractivity contribution in [3.8, 4) is 0 Å². The summed E-state index contributed by atoms with van der Waals surface area (Å²) >= 11 is 0. The second-order valence-corrected chi connectivity index (χ2v) is 23.2. The average Bonchev–Trinajstić information content (AvgIpc) is 3.70. The summed E-state index contributed by atoms with van der Waals surface area (Å²) in [6, 6.07) is 0. The summed E-state index contributed by atoms with van der Waals surface area (Å²) in [6.07, 6.45) is 13.1. The molecule has 0 saturated heterocycles. The topological polar surface area (TPSA) is 176 Å². The highest BCUT2D eigenvalue weighted by molar-refractivity contribution is 5.75. The Morgan fingerprint density at radius 3 is 1.33 bits per heavy atom. The van der Waals surface area contributed by atoms with E-state index in [1.54, 1.807) is 6.92 Å². The minimum atomic E-state index is -0.748. The Labute approximate surface area is 349 Å². The highest BCUT2D eigenvalue weighted by atomic mass is 16.4. The van der Waals surface area contributed by atoms with E-state index in [2.05, 4.69) is 41.5 Å². The molecule has 22 atom stereocenters. The number of carboxylic acids is 1. The van der Waals surface area contributed by atoms with E-state index in [1.165, 1.54) is 0 Å². The number of ketones is 1. The number of aliphatic hydroxyl groups is 6. The SMILES string of the molecule is CC(=O)CC[C@H](C)[C@H]1CC[C@H]2[C@@H]3[C@H](O)C[C@@H]4C[C@H](O)CC[C@]4(C)[C@H]3C[C@H](O)[C@]12C.C[C@@H](CCC(=O)O)[C@H]1CC[C@H]2[C@@H]3[C@H](O)C[C@@H]4C[C@H](O)CC[C@]4(C)[C@H]3C[C@H](O)[C@]12C. The zero-order chi connectivity index (χ0) is 42.3. The van der Waals surface area contributed by atoms with Crippen molar-refractivity contribution in [2.24, 2.45) is 92.7 Å². The molecule has 0 unspecified atom stereocenters. The maximum atomic E-state index is 11.5. The minimum absolute atomic E-state index is 0.0957. The van der Waals surface area contributed by atoms with Crippen molar-refractivity contribution < 1.29 is 45.3 Å². The van der Waals surface area contributed by atoms with Gasteiger partial charge in [-0.15, -0.1) is 0 Å². The van der Waals surface area contributed by atoms with Gasteiger partial charge in [-0.3, -0.25) is 4.79 Å². The Morgan fingerprint density at radius 1 is 0.552 bits per heavy atom. The smallest absolute Gasteiger partial charge is 0.303 e. The summed E-state index contributed by atoms with van der Waals surface area (Å²) in [5, 5.41) is 75.0. The number of aliphatic carboxylic acids is 1. The van der Waals surface area contributed by atoms with Gasteiger partial charge in [0.25, 0.3) is 0 Å². The zero-order valence-electron chi connectivity index (χ0n) is 37.1. The van der Waals surface area contributed by atoms with Crippen LogP contribution in [0.2, 0.25) is 0 Å².